The van der Waals surface area contributed by atoms with Gasteiger partial charge in [0.15, 0.2) is 11.5 Å². The molecule has 9 heteroatoms. The van der Waals surface area contributed by atoms with Gasteiger partial charge in [-0.15, -0.1) is 0 Å². The molecule has 0 unspecified atom stereocenters. The van der Waals surface area contributed by atoms with Gasteiger partial charge in [0.05, 0.1) is 29.4 Å². The average Bonchev–Trinajstić information content (AvgIpc) is 2.64. The number of hydrogen-bond donors (Lipinski definition) is 2. The molecule has 7 nitrogen and oxygen atoms in total. The molecule has 2 N–H and O–H groups in total. The molecule has 2 rings (SSSR count). The maximum absolute atomic E-state index is 10.7. The second-order valence-electron chi connectivity index (χ2n) is 5.55. The first kappa shape index (κ1) is 21.1. The van der Waals surface area contributed by atoms with Crippen molar-refractivity contribution in [3.63, 3.8) is 0 Å². The number of rotatable bonds is 10. The van der Waals surface area contributed by atoms with Gasteiger partial charge in [-0.05, 0) is 19.1 Å². The van der Waals surface area contributed by atoms with E-state index in [1.54, 1.807) is 19.2 Å². The normalized spacial score (nSPS) is 10.5. The molecule has 0 spiro atoms. The van der Waals surface area contributed by atoms with Crippen LogP contribution in [0.1, 0.15) is 12.5 Å². The number of hydrogen-bond acceptors (Lipinski definition) is 6. The quantitative estimate of drug-likeness (QED) is 0.338. The van der Waals surface area contributed by atoms with Crippen LogP contribution >= 0.6 is 23.2 Å². The summed E-state index contributed by atoms with van der Waals surface area (Å²) < 4.78 is 11.0. The Morgan fingerprint density at radius 3 is 2.59 bits per heavy atom. The van der Waals surface area contributed by atoms with Crippen molar-refractivity contribution < 1.29 is 14.4 Å². The van der Waals surface area contributed by atoms with Gasteiger partial charge in [0, 0.05) is 48.4 Å². The monoisotopic (exact) mass is 413 g/mol. The van der Waals surface area contributed by atoms with Gasteiger partial charge in [-0.3, -0.25) is 10.1 Å². The minimum absolute atomic E-state index is 0.0398. The lowest BCUT2D eigenvalue weighted by Gasteiger charge is -2.15. The molecule has 0 aromatic heterocycles. The van der Waals surface area contributed by atoms with E-state index < -0.39 is 4.92 Å². The van der Waals surface area contributed by atoms with Crippen molar-refractivity contribution in [3.8, 4) is 11.5 Å². The maximum Gasteiger partial charge on any atom is 0.271 e. The van der Waals surface area contributed by atoms with E-state index >= 15 is 0 Å². The summed E-state index contributed by atoms with van der Waals surface area (Å²) in [6, 6.07) is 7.88. The lowest BCUT2D eigenvalue weighted by atomic mass is 10.2. The topological polar surface area (TPSA) is 85.7 Å². The van der Waals surface area contributed by atoms with Gasteiger partial charge in [0.2, 0.25) is 0 Å². The van der Waals surface area contributed by atoms with Gasteiger partial charge in [-0.2, -0.15) is 0 Å². The molecule has 0 aliphatic rings. The molecule has 0 bridgehead atoms. The SMILES string of the molecule is CCOc1c(CNCCNc2ccc([N+](=O)[O-])cc2Cl)cc(Cl)cc1OC. The number of anilines is 1. The van der Waals surface area contributed by atoms with Crippen LogP contribution in [-0.2, 0) is 6.54 Å². The van der Waals surface area contributed by atoms with E-state index in [9.17, 15) is 10.1 Å². The van der Waals surface area contributed by atoms with Crippen molar-refractivity contribution in [3.05, 3.63) is 56.1 Å². The smallest absolute Gasteiger partial charge is 0.271 e. The van der Waals surface area contributed by atoms with E-state index in [0.29, 0.717) is 53.5 Å². The maximum atomic E-state index is 10.7. The molecule has 0 saturated carbocycles. The van der Waals surface area contributed by atoms with Crippen LogP contribution in [0, 0.1) is 10.1 Å². The number of nitrogens with one attached hydrogen (secondary N) is 2. The second kappa shape index (κ2) is 10.2. The molecule has 0 heterocycles. The van der Waals surface area contributed by atoms with Gasteiger partial charge < -0.3 is 20.1 Å². The third-order valence-corrected chi connectivity index (χ3v) is 4.23. The molecular formula is C18H21Cl2N3O4. The Balaban J connectivity index is 1.90. The Kier molecular flexibility index (Phi) is 7.97. The number of halogens is 2. The summed E-state index contributed by atoms with van der Waals surface area (Å²) in [6.07, 6.45) is 0. The zero-order chi connectivity index (χ0) is 19.8. The Hall–Kier alpha value is -2.22. The zero-order valence-electron chi connectivity index (χ0n) is 15.1. The third-order valence-electron chi connectivity index (χ3n) is 3.70. The van der Waals surface area contributed by atoms with Gasteiger partial charge in [-0.25, -0.2) is 0 Å². The van der Waals surface area contributed by atoms with Crippen LogP contribution < -0.4 is 20.1 Å². The van der Waals surface area contributed by atoms with Crippen molar-refractivity contribution in [2.45, 2.75) is 13.5 Å². The molecule has 0 fully saturated rings. The minimum atomic E-state index is -0.480. The zero-order valence-corrected chi connectivity index (χ0v) is 16.6. The summed E-state index contributed by atoms with van der Waals surface area (Å²) in [5, 5.41) is 18.0. The Morgan fingerprint density at radius 1 is 1.19 bits per heavy atom. The summed E-state index contributed by atoms with van der Waals surface area (Å²) in [5.41, 5.74) is 1.50. The highest BCUT2D eigenvalue weighted by molar-refractivity contribution is 6.33. The molecule has 0 saturated heterocycles. The van der Waals surface area contributed by atoms with Crippen LogP contribution in [0.5, 0.6) is 11.5 Å². The number of benzene rings is 2. The summed E-state index contributed by atoms with van der Waals surface area (Å²) in [4.78, 5) is 10.3. The number of non-ortho nitro benzene ring substituents is 1. The predicted octanol–water partition coefficient (Wildman–Crippen LogP) is 4.51. The molecule has 0 aliphatic carbocycles. The molecule has 0 aliphatic heterocycles. The summed E-state index contributed by atoms with van der Waals surface area (Å²) in [7, 11) is 1.57. The van der Waals surface area contributed by atoms with Crippen LogP contribution in [0.4, 0.5) is 11.4 Å². The van der Waals surface area contributed by atoms with E-state index in [-0.39, 0.29) is 5.69 Å². The predicted molar refractivity (Wildman–Crippen MR) is 107 cm³/mol. The Morgan fingerprint density at radius 2 is 1.96 bits per heavy atom. The summed E-state index contributed by atoms with van der Waals surface area (Å²) in [6.45, 7) is 4.18. The number of nitro groups is 1. The van der Waals surface area contributed by atoms with Gasteiger partial charge in [0.1, 0.15) is 0 Å². The number of ether oxygens (including phenoxy) is 2. The molecule has 0 amide bonds. The number of nitro benzene ring substituents is 1. The fourth-order valence-electron chi connectivity index (χ4n) is 2.48. The molecule has 2 aromatic carbocycles. The van der Waals surface area contributed by atoms with Crippen molar-refractivity contribution >= 4 is 34.6 Å². The van der Waals surface area contributed by atoms with E-state index in [0.717, 1.165) is 5.56 Å². The van der Waals surface area contributed by atoms with Crippen molar-refractivity contribution in [2.24, 2.45) is 0 Å². The fraction of sp³-hybridized carbons (Fsp3) is 0.333. The van der Waals surface area contributed by atoms with Crippen LogP contribution in [0.15, 0.2) is 30.3 Å². The van der Waals surface area contributed by atoms with Gasteiger partial charge >= 0.3 is 0 Å². The van der Waals surface area contributed by atoms with Crippen LogP contribution in [0.2, 0.25) is 10.0 Å². The largest absolute Gasteiger partial charge is 0.493 e. The van der Waals surface area contributed by atoms with Crippen molar-refractivity contribution in [2.75, 3.05) is 32.1 Å². The van der Waals surface area contributed by atoms with Crippen molar-refractivity contribution in [1.82, 2.24) is 5.32 Å². The van der Waals surface area contributed by atoms with Crippen LogP contribution in [0.25, 0.3) is 0 Å². The number of methoxy groups -OCH3 is 1. The molecule has 0 atom stereocenters. The lowest BCUT2D eigenvalue weighted by Crippen LogP contribution is -2.22. The molecule has 2 aromatic rings. The third kappa shape index (κ3) is 5.89. The molecule has 27 heavy (non-hydrogen) atoms. The Labute approximate surface area is 167 Å². The van der Waals surface area contributed by atoms with E-state index in [4.69, 9.17) is 32.7 Å². The highest BCUT2D eigenvalue weighted by atomic mass is 35.5. The Bertz CT molecular complexity index is 802. The lowest BCUT2D eigenvalue weighted by molar-refractivity contribution is -0.384. The van der Waals surface area contributed by atoms with E-state index in [2.05, 4.69) is 10.6 Å². The van der Waals surface area contributed by atoms with Crippen LogP contribution in [0.3, 0.4) is 0 Å². The van der Waals surface area contributed by atoms with Crippen LogP contribution in [-0.4, -0.2) is 31.7 Å². The second-order valence-corrected chi connectivity index (χ2v) is 6.40. The minimum Gasteiger partial charge on any atom is -0.493 e. The average molecular weight is 414 g/mol. The standard InChI is InChI=1S/C18H21Cl2N3O4/c1-3-27-18-12(8-13(19)9-17(18)26-2)11-21-6-7-22-16-5-4-14(23(24)25)10-15(16)20/h4-5,8-10,21-22H,3,6-7,11H2,1-2H3. The van der Waals surface area contributed by atoms with E-state index in [1.807, 2.05) is 13.0 Å². The van der Waals surface area contributed by atoms with Crippen molar-refractivity contribution in [1.29, 1.82) is 0 Å². The van der Waals surface area contributed by atoms with E-state index in [1.165, 1.54) is 12.1 Å². The molecule has 0 radical (unpaired) electrons. The fourth-order valence-corrected chi connectivity index (χ4v) is 2.96. The van der Waals surface area contributed by atoms with Gasteiger partial charge in [-0.1, -0.05) is 23.2 Å². The molecular weight excluding hydrogens is 393 g/mol. The summed E-state index contributed by atoms with van der Waals surface area (Å²) >= 11 is 12.2. The first-order chi connectivity index (χ1) is 13.0. The highest BCUT2D eigenvalue weighted by Gasteiger charge is 2.12. The molecule has 146 valence electrons. The van der Waals surface area contributed by atoms with Gasteiger partial charge in [0.25, 0.3) is 5.69 Å². The first-order valence-corrected chi connectivity index (χ1v) is 9.09. The highest BCUT2D eigenvalue weighted by Crippen LogP contribution is 2.34. The first-order valence-electron chi connectivity index (χ1n) is 8.34. The summed E-state index contributed by atoms with van der Waals surface area (Å²) in [5.74, 6) is 1.26. The number of nitrogens with zero attached hydrogens (tertiary/aromatic N) is 1.